The molecule has 1 atom stereocenters. The SMILES string of the molecule is CC(O)(CO)CNCC1CCNCC1. The fraction of sp³-hybridized carbons (Fsp3) is 1.00. The van der Waals surface area contributed by atoms with Gasteiger partial charge in [-0.05, 0) is 45.3 Å². The minimum atomic E-state index is -0.979. The highest BCUT2D eigenvalue weighted by atomic mass is 16.3. The Balaban J connectivity index is 2.08. The Hall–Kier alpha value is -0.160. The maximum atomic E-state index is 9.53. The van der Waals surface area contributed by atoms with E-state index in [0.717, 1.165) is 19.6 Å². The minimum Gasteiger partial charge on any atom is -0.393 e. The second kappa shape index (κ2) is 5.66. The van der Waals surface area contributed by atoms with E-state index < -0.39 is 5.60 Å². The van der Waals surface area contributed by atoms with E-state index in [9.17, 15) is 5.11 Å². The maximum Gasteiger partial charge on any atom is 0.0972 e. The molecule has 14 heavy (non-hydrogen) atoms. The van der Waals surface area contributed by atoms with Crippen LogP contribution in [0, 0.1) is 5.92 Å². The third-order valence-corrected chi connectivity index (χ3v) is 2.74. The molecule has 4 N–H and O–H groups in total. The highest BCUT2D eigenvalue weighted by Gasteiger charge is 2.19. The Kier molecular flexibility index (Phi) is 4.81. The quantitative estimate of drug-likeness (QED) is 0.477. The monoisotopic (exact) mass is 202 g/mol. The molecule has 0 saturated carbocycles. The van der Waals surface area contributed by atoms with Gasteiger partial charge in [0.2, 0.25) is 0 Å². The Morgan fingerprint density at radius 1 is 1.43 bits per heavy atom. The van der Waals surface area contributed by atoms with E-state index in [4.69, 9.17) is 5.11 Å². The Morgan fingerprint density at radius 2 is 2.07 bits per heavy atom. The first-order chi connectivity index (χ1) is 6.64. The van der Waals surface area contributed by atoms with Crippen LogP contribution in [0.1, 0.15) is 19.8 Å². The molecule has 0 aromatic heterocycles. The van der Waals surface area contributed by atoms with E-state index in [1.165, 1.54) is 12.8 Å². The first-order valence-corrected chi connectivity index (χ1v) is 5.39. The van der Waals surface area contributed by atoms with Gasteiger partial charge in [-0.1, -0.05) is 0 Å². The minimum absolute atomic E-state index is 0.188. The van der Waals surface area contributed by atoms with Crippen molar-refractivity contribution >= 4 is 0 Å². The third kappa shape index (κ3) is 4.37. The summed E-state index contributed by atoms with van der Waals surface area (Å²) in [7, 11) is 0. The summed E-state index contributed by atoms with van der Waals surface area (Å²) in [5.74, 6) is 0.714. The van der Waals surface area contributed by atoms with Crippen molar-refractivity contribution < 1.29 is 10.2 Å². The van der Waals surface area contributed by atoms with Crippen LogP contribution in [0.2, 0.25) is 0 Å². The lowest BCUT2D eigenvalue weighted by molar-refractivity contribution is 0.00204. The predicted octanol–water partition coefficient (Wildman–Crippen LogP) is -0.681. The first kappa shape index (κ1) is 11.9. The average Bonchev–Trinajstić information content (AvgIpc) is 2.19. The molecule has 0 amide bonds. The van der Waals surface area contributed by atoms with E-state index in [2.05, 4.69) is 10.6 Å². The lowest BCUT2D eigenvalue weighted by Gasteiger charge is -2.26. The summed E-state index contributed by atoms with van der Waals surface area (Å²) in [5, 5.41) is 24.9. The van der Waals surface area contributed by atoms with Crippen LogP contribution in [-0.2, 0) is 0 Å². The van der Waals surface area contributed by atoms with Crippen molar-refractivity contribution in [3.05, 3.63) is 0 Å². The summed E-state index contributed by atoms with van der Waals surface area (Å²) in [6, 6.07) is 0. The summed E-state index contributed by atoms with van der Waals surface area (Å²) < 4.78 is 0. The van der Waals surface area contributed by atoms with Gasteiger partial charge in [0, 0.05) is 6.54 Å². The number of aliphatic hydroxyl groups is 2. The van der Waals surface area contributed by atoms with Crippen molar-refractivity contribution in [3.63, 3.8) is 0 Å². The zero-order valence-corrected chi connectivity index (χ0v) is 8.92. The fourth-order valence-corrected chi connectivity index (χ4v) is 1.69. The molecule has 1 aliphatic rings. The molecule has 0 spiro atoms. The Bertz CT molecular complexity index is 156. The van der Waals surface area contributed by atoms with Crippen molar-refractivity contribution in [2.75, 3.05) is 32.8 Å². The normalized spacial score (nSPS) is 23.4. The number of hydrogen-bond acceptors (Lipinski definition) is 4. The van der Waals surface area contributed by atoms with E-state index in [1.54, 1.807) is 6.92 Å². The van der Waals surface area contributed by atoms with Gasteiger partial charge in [-0.15, -0.1) is 0 Å². The maximum absolute atomic E-state index is 9.53. The number of aliphatic hydroxyl groups excluding tert-OH is 1. The van der Waals surface area contributed by atoms with Gasteiger partial charge in [-0.25, -0.2) is 0 Å². The van der Waals surface area contributed by atoms with Crippen LogP contribution in [0.15, 0.2) is 0 Å². The predicted molar refractivity (Wildman–Crippen MR) is 56.2 cm³/mol. The molecule has 4 nitrogen and oxygen atoms in total. The summed E-state index contributed by atoms with van der Waals surface area (Å²) in [5.41, 5.74) is -0.979. The van der Waals surface area contributed by atoms with Gasteiger partial charge in [0.25, 0.3) is 0 Å². The smallest absolute Gasteiger partial charge is 0.0972 e. The van der Waals surface area contributed by atoms with Crippen molar-refractivity contribution in [1.82, 2.24) is 10.6 Å². The molecule has 1 saturated heterocycles. The molecule has 1 fully saturated rings. The molecule has 0 radical (unpaired) electrons. The Morgan fingerprint density at radius 3 is 2.64 bits per heavy atom. The summed E-state index contributed by atoms with van der Waals surface area (Å²) in [6.07, 6.45) is 2.41. The summed E-state index contributed by atoms with van der Waals surface area (Å²) in [6.45, 7) is 5.06. The van der Waals surface area contributed by atoms with Gasteiger partial charge < -0.3 is 20.8 Å². The molecular formula is C10H22N2O2. The zero-order valence-electron chi connectivity index (χ0n) is 8.92. The molecule has 0 aliphatic carbocycles. The van der Waals surface area contributed by atoms with Gasteiger partial charge in [0.1, 0.15) is 0 Å². The van der Waals surface area contributed by atoms with E-state index in [1.807, 2.05) is 0 Å². The van der Waals surface area contributed by atoms with Gasteiger partial charge in [-0.3, -0.25) is 0 Å². The fourth-order valence-electron chi connectivity index (χ4n) is 1.69. The van der Waals surface area contributed by atoms with Crippen LogP contribution in [0.25, 0.3) is 0 Å². The second-order valence-corrected chi connectivity index (χ2v) is 4.48. The Labute approximate surface area is 85.7 Å². The van der Waals surface area contributed by atoms with E-state index >= 15 is 0 Å². The summed E-state index contributed by atoms with van der Waals surface area (Å²) >= 11 is 0. The van der Waals surface area contributed by atoms with Gasteiger partial charge in [0.15, 0.2) is 0 Å². The third-order valence-electron chi connectivity index (χ3n) is 2.74. The molecule has 0 aromatic carbocycles. The highest BCUT2D eigenvalue weighted by Crippen LogP contribution is 2.10. The molecule has 0 aromatic rings. The molecule has 4 heteroatoms. The van der Waals surface area contributed by atoms with Gasteiger partial charge >= 0.3 is 0 Å². The molecule has 0 bridgehead atoms. The molecule has 84 valence electrons. The molecular weight excluding hydrogens is 180 g/mol. The molecule has 1 aliphatic heterocycles. The summed E-state index contributed by atoms with van der Waals surface area (Å²) in [4.78, 5) is 0. The topological polar surface area (TPSA) is 64.5 Å². The van der Waals surface area contributed by atoms with Crippen LogP contribution < -0.4 is 10.6 Å². The largest absolute Gasteiger partial charge is 0.393 e. The lowest BCUT2D eigenvalue weighted by atomic mass is 9.98. The van der Waals surface area contributed by atoms with Crippen molar-refractivity contribution in [2.45, 2.75) is 25.4 Å². The molecule has 1 unspecified atom stereocenters. The lowest BCUT2D eigenvalue weighted by Crippen LogP contribution is -2.43. The van der Waals surface area contributed by atoms with Crippen LogP contribution in [0.4, 0.5) is 0 Å². The zero-order chi connectivity index (χ0) is 10.4. The average molecular weight is 202 g/mol. The van der Waals surface area contributed by atoms with Crippen molar-refractivity contribution in [1.29, 1.82) is 0 Å². The number of hydrogen-bond donors (Lipinski definition) is 4. The molecule has 1 rings (SSSR count). The van der Waals surface area contributed by atoms with Crippen LogP contribution in [0.5, 0.6) is 0 Å². The standard InChI is InChI=1S/C10H22N2O2/c1-10(14,8-13)7-12-6-9-2-4-11-5-3-9/h9,11-14H,2-8H2,1H3. The van der Waals surface area contributed by atoms with Gasteiger partial charge in [0.05, 0.1) is 12.2 Å². The van der Waals surface area contributed by atoms with Crippen molar-refractivity contribution in [3.8, 4) is 0 Å². The van der Waals surface area contributed by atoms with Crippen LogP contribution >= 0.6 is 0 Å². The van der Waals surface area contributed by atoms with Crippen molar-refractivity contribution in [2.24, 2.45) is 5.92 Å². The number of nitrogens with one attached hydrogen (secondary N) is 2. The highest BCUT2D eigenvalue weighted by molar-refractivity contribution is 4.76. The molecule has 1 heterocycles. The van der Waals surface area contributed by atoms with Crippen LogP contribution in [-0.4, -0.2) is 48.6 Å². The van der Waals surface area contributed by atoms with E-state index in [0.29, 0.717) is 12.5 Å². The number of piperidine rings is 1. The van der Waals surface area contributed by atoms with E-state index in [-0.39, 0.29) is 6.61 Å². The number of rotatable bonds is 5. The van der Waals surface area contributed by atoms with Gasteiger partial charge in [-0.2, -0.15) is 0 Å². The second-order valence-electron chi connectivity index (χ2n) is 4.48. The first-order valence-electron chi connectivity index (χ1n) is 5.39. The van der Waals surface area contributed by atoms with Crippen LogP contribution in [0.3, 0.4) is 0 Å².